The second-order valence-electron chi connectivity index (χ2n) is 8.71. The predicted octanol–water partition coefficient (Wildman–Crippen LogP) is 3.54. The van der Waals surface area contributed by atoms with Crippen molar-refractivity contribution in [1.29, 1.82) is 0 Å². The molecule has 8 heteroatoms. The van der Waals surface area contributed by atoms with E-state index in [4.69, 9.17) is 0 Å². The van der Waals surface area contributed by atoms with Gasteiger partial charge >= 0.3 is 0 Å². The monoisotopic (exact) mass is 448 g/mol. The van der Waals surface area contributed by atoms with Crippen LogP contribution >= 0.6 is 0 Å². The molecule has 0 aliphatic carbocycles. The van der Waals surface area contributed by atoms with Crippen molar-refractivity contribution in [3.63, 3.8) is 0 Å². The summed E-state index contributed by atoms with van der Waals surface area (Å²) >= 11 is 0. The number of rotatable bonds is 9. The first-order valence-electron chi connectivity index (χ1n) is 11.3. The molecule has 0 fully saturated rings. The van der Waals surface area contributed by atoms with Crippen molar-refractivity contribution in [2.24, 2.45) is 5.92 Å². The summed E-state index contributed by atoms with van der Waals surface area (Å²) in [6.45, 7) is 10.3. The standard InChI is InChI=1S/C25H32N6O2/c1-17(2)14-15-26-25(33)20(5)31(22-9-7-6-8-19(22)4)23(32)16-30-28-24(27-29-30)21-12-10-18(3)11-13-21/h6-13,17,20H,14-16H2,1-5H3,(H,26,33)/t20-/m1/s1. The summed E-state index contributed by atoms with van der Waals surface area (Å²) in [6, 6.07) is 14.6. The fraction of sp³-hybridized carbons (Fsp3) is 0.400. The Morgan fingerprint density at radius 2 is 1.73 bits per heavy atom. The Kier molecular flexibility index (Phi) is 7.92. The van der Waals surface area contributed by atoms with Crippen molar-refractivity contribution in [3.05, 3.63) is 59.7 Å². The van der Waals surface area contributed by atoms with Gasteiger partial charge in [-0.25, -0.2) is 0 Å². The lowest BCUT2D eigenvalue weighted by Gasteiger charge is -2.29. The van der Waals surface area contributed by atoms with Crippen LogP contribution < -0.4 is 10.2 Å². The van der Waals surface area contributed by atoms with Gasteiger partial charge in [-0.1, -0.05) is 61.9 Å². The topological polar surface area (TPSA) is 93.0 Å². The van der Waals surface area contributed by atoms with E-state index in [1.54, 1.807) is 6.92 Å². The van der Waals surface area contributed by atoms with Gasteiger partial charge in [-0.15, -0.1) is 10.2 Å². The number of anilines is 1. The number of nitrogens with one attached hydrogen (secondary N) is 1. The second kappa shape index (κ2) is 10.8. The average molecular weight is 449 g/mol. The quantitative estimate of drug-likeness (QED) is 0.540. The van der Waals surface area contributed by atoms with Gasteiger partial charge in [-0.3, -0.25) is 14.5 Å². The fourth-order valence-corrected chi connectivity index (χ4v) is 3.47. The number of tetrazole rings is 1. The normalized spacial score (nSPS) is 11.9. The fourth-order valence-electron chi connectivity index (χ4n) is 3.47. The molecule has 33 heavy (non-hydrogen) atoms. The molecular weight excluding hydrogens is 416 g/mol. The molecule has 2 aromatic carbocycles. The number of para-hydroxylation sites is 1. The lowest BCUT2D eigenvalue weighted by atomic mass is 10.1. The zero-order valence-electron chi connectivity index (χ0n) is 19.9. The van der Waals surface area contributed by atoms with Gasteiger partial charge in [0.1, 0.15) is 12.6 Å². The summed E-state index contributed by atoms with van der Waals surface area (Å²) in [4.78, 5) is 29.1. The number of carbonyl (C=O) groups is 2. The Hall–Kier alpha value is -3.55. The third-order valence-corrected chi connectivity index (χ3v) is 5.47. The Bertz CT molecular complexity index is 1090. The maximum atomic E-state index is 13.4. The number of aromatic nitrogens is 4. The van der Waals surface area contributed by atoms with Crippen molar-refractivity contribution >= 4 is 17.5 Å². The zero-order valence-corrected chi connectivity index (χ0v) is 19.9. The van der Waals surface area contributed by atoms with Gasteiger partial charge in [0.15, 0.2) is 0 Å². The molecule has 1 N–H and O–H groups in total. The molecular formula is C25H32N6O2. The van der Waals surface area contributed by atoms with Crippen molar-refractivity contribution in [2.75, 3.05) is 11.4 Å². The average Bonchev–Trinajstić information content (AvgIpc) is 3.23. The van der Waals surface area contributed by atoms with Crippen LogP contribution in [0.1, 0.15) is 38.3 Å². The lowest BCUT2D eigenvalue weighted by molar-refractivity contribution is -0.126. The highest BCUT2D eigenvalue weighted by atomic mass is 16.2. The summed E-state index contributed by atoms with van der Waals surface area (Å²) in [6.07, 6.45) is 0.876. The predicted molar refractivity (Wildman–Crippen MR) is 129 cm³/mol. The van der Waals surface area contributed by atoms with E-state index < -0.39 is 6.04 Å². The van der Waals surface area contributed by atoms with E-state index in [1.807, 2.05) is 62.4 Å². The largest absolute Gasteiger partial charge is 0.354 e. The van der Waals surface area contributed by atoms with E-state index in [0.717, 1.165) is 23.1 Å². The number of hydrogen-bond acceptors (Lipinski definition) is 5. The summed E-state index contributed by atoms with van der Waals surface area (Å²) in [5.41, 5.74) is 3.55. The van der Waals surface area contributed by atoms with Crippen LogP contribution in [0.4, 0.5) is 5.69 Å². The summed E-state index contributed by atoms with van der Waals surface area (Å²) < 4.78 is 0. The SMILES string of the molecule is Cc1ccc(-c2nnn(CC(=O)N(c3ccccc3C)[C@H](C)C(=O)NCCC(C)C)n2)cc1. The van der Waals surface area contributed by atoms with E-state index in [1.165, 1.54) is 9.70 Å². The van der Waals surface area contributed by atoms with Crippen molar-refractivity contribution < 1.29 is 9.59 Å². The molecule has 3 rings (SSSR count). The molecule has 1 atom stereocenters. The summed E-state index contributed by atoms with van der Waals surface area (Å²) in [5, 5.41) is 15.5. The number of nitrogens with zero attached hydrogens (tertiary/aromatic N) is 5. The zero-order chi connectivity index (χ0) is 24.0. The number of hydrogen-bond donors (Lipinski definition) is 1. The van der Waals surface area contributed by atoms with Crippen LogP contribution in [0.2, 0.25) is 0 Å². The molecule has 0 saturated carbocycles. The Labute approximate surface area is 195 Å². The Morgan fingerprint density at radius 3 is 2.39 bits per heavy atom. The smallest absolute Gasteiger partial charge is 0.251 e. The molecule has 2 amide bonds. The van der Waals surface area contributed by atoms with Crippen LogP contribution in [-0.2, 0) is 16.1 Å². The molecule has 0 unspecified atom stereocenters. The van der Waals surface area contributed by atoms with Crippen LogP contribution in [-0.4, -0.2) is 44.6 Å². The van der Waals surface area contributed by atoms with Gasteiger partial charge in [0, 0.05) is 17.8 Å². The third kappa shape index (κ3) is 6.25. The first-order valence-corrected chi connectivity index (χ1v) is 11.3. The van der Waals surface area contributed by atoms with Crippen molar-refractivity contribution in [2.45, 2.75) is 53.6 Å². The number of aryl methyl sites for hydroxylation is 2. The highest BCUT2D eigenvalue weighted by Gasteiger charge is 2.29. The van der Waals surface area contributed by atoms with Gasteiger partial charge in [0.05, 0.1) is 0 Å². The molecule has 0 saturated heterocycles. The van der Waals surface area contributed by atoms with Crippen molar-refractivity contribution in [3.8, 4) is 11.4 Å². The van der Waals surface area contributed by atoms with E-state index in [-0.39, 0.29) is 18.4 Å². The highest BCUT2D eigenvalue weighted by Crippen LogP contribution is 2.23. The van der Waals surface area contributed by atoms with Gasteiger partial charge < -0.3 is 5.32 Å². The van der Waals surface area contributed by atoms with Crippen LogP contribution in [0.15, 0.2) is 48.5 Å². The van der Waals surface area contributed by atoms with Crippen LogP contribution in [0, 0.1) is 19.8 Å². The van der Waals surface area contributed by atoms with E-state index in [2.05, 4.69) is 34.6 Å². The molecule has 3 aromatic rings. The number of carbonyl (C=O) groups excluding carboxylic acids is 2. The Morgan fingerprint density at radius 1 is 1.03 bits per heavy atom. The first-order chi connectivity index (χ1) is 15.8. The van der Waals surface area contributed by atoms with E-state index >= 15 is 0 Å². The molecule has 0 aliphatic heterocycles. The molecule has 0 spiro atoms. The van der Waals surface area contributed by atoms with E-state index in [9.17, 15) is 9.59 Å². The molecule has 8 nitrogen and oxygen atoms in total. The number of amides is 2. The second-order valence-corrected chi connectivity index (χ2v) is 8.71. The summed E-state index contributed by atoms with van der Waals surface area (Å²) in [7, 11) is 0. The van der Waals surface area contributed by atoms with Crippen LogP contribution in [0.3, 0.4) is 0 Å². The third-order valence-electron chi connectivity index (χ3n) is 5.47. The lowest BCUT2D eigenvalue weighted by Crippen LogP contribution is -2.50. The molecule has 1 heterocycles. The number of benzene rings is 2. The first kappa shape index (κ1) is 24.1. The maximum absolute atomic E-state index is 13.4. The molecule has 174 valence electrons. The molecule has 0 bridgehead atoms. The van der Waals surface area contributed by atoms with E-state index in [0.29, 0.717) is 24.0 Å². The molecule has 0 radical (unpaired) electrons. The molecule has 1 aromatic heterocycles. The van der Waals surface area contributed by atoms with Crippen LogP contribution in [0.5, 0.6) is 0 Å². The Balaban J connectivity index is 1.80. The van der Waals surface area contributed by atoms with Gasteiger partial charge in [-0.2, -0.15) is 4.80 Å². The van der Waals surface area contributed by atoms with Crippen LogP contribution in [0.25, 0.3) is 11.4 Å². The minimum absolute atomic E-state index is 0.128. The van der Waals surface area contributed by atoms with Crippen molar-refractivity contribution in [1.82, 2.24) is 25.5 Å². The van der Waals surface area contributed by atoms with Gasteiger partial charge in [-0.05, 0) is 50.0 Å². The minimum atomic E-state index is -0.689. The van der Waals surface area contributed by atoms with Gasteiger partial charge in [0.25, 0.3) is 5.91 Å². The highest BCUT2D eigenvalue weighted by molar-refractivity contribution is 6.00. The van der Waals surface area contributed by atoms with Gasteiger partial charge in [0.2, 0.25) is 11.7 Å². The maximum Gasteiger partial charge on any atom is 0.251 e. The summed E-state index contributed by atoms with van der Waals surface area (Å²) in [5.74, 6) is 0.448. The molecule has 0 aliphatic rings. The minimum Gasteiger partial charge on any atom is -0.354 e.